The van der Waals surface area contributed by atoms with Crippen molar-refractivity contribution in [3.8, 4) is 11.3 Å². The third-order valence-electron chi connectivity index (χ3n) is 3.65. The molecule has 3 aromatic rings. The predicted molar refractivity (Wildman–Crippen MR) is 90.2 cm³/mol. The van der Waals surface area contributed by atoms with Gasteiger partial charge in [-0.3, -0.25) is 4.79 Å². The summed E-state index contributed by atoms with van der Waals surface area (Å²) in [6.45, 7) is 5.57. The van der Waals surface area contributed by atoms with Crippen LogP contribution >= 0.6 is 0 Å². The minimum absolute atomic E-state index is 0.215. The molecule has 1 amide bonds. The van der Waals surface area contributed by atoms with Gasteiger partial charge in [0.2, 0.25) is 0 Å². The predicted octanol–water partition coefficient (Wildman–Crippen LogP) is 3.12. The molecule has 0 aliphatic carbocycles. The van der Waals surface area contributed by atoms with Crippen molar-refractivity contribution in [2.75, 3.05) is 0 Å². The van der Waals surface area contributed by atoms with Crippen molar-refractivity contribution in [2.45, 2.75) is 26.9 Å². The second-order valence-corrected chi connectivity index (χ2v) is 6.06. The second-order valence-electron chi connectivity index (χ2n) is 6.06. The van der Waals surface area contributed by atoms with Gasteiger partial charge >= 0.3 is 0 Å². The summed E-state index contributed by atoms with van der Waals surface area (Å²) in [4.78, 5) is 16.6. The SMILES string of the molecule is CC(C)Cn1cncc1CNC(=O)c1conc1-c1ccccc1. The first-order valence-electron chi connectivity index (χ1n) is 7.92. The number of amides is 1. The Bertz CT molecular complexity index is 805. The number of hydrogen-bond acceptors (Lipinski definition) is 4. The first kappa shape index (κ1) is 16.0. The molecule has 0 radical (unpaired) electrons. The Morgan fingerprint density at radius 3 is 2.83 bits per heavy atom. The summed E-state index contributed by atoms with van der Waals surface area (Å²) in [7, 11) is 0. The Balaban J connectivity index is 1.71. The van der Waals surface area contributed by atoms with E-state index >= 15 is 0 Å². The maximum Gasteiger partial charge on any atom is 0.257 e. The summed E-state index contributed by atoms with van der Waals surface area (Å²) in [5, 5.41) is 6.87. The van der Waals surface area contributed by atoms with Gasteiger partial charge in [0.1, 0.15) is 17.5 Å². The van der Waals surface area contributed by atoms with Crippen LogP contribution < -0.4 is 5.32 Å². The van der Waals surface area contributed by atoms with Crippen molar-refractivity contribution in [1.29, 1.82) is 0 Å². The van der Waals surface area contributed by atoms with Crippen LogP contribution in [0, 0.1) is 5.92 Å². The number of aromatic nitrogens is 3. The summed E-state index contributed by atoms with van der Waals surface area (Å²) in [5.41, 5.74) is 2.79. The molecule has 1 aromatic carbocycles. The quantitative estimate of drug-likeness (QED) is 0.756. The maximum absolute atomic E-state index is 12.5. The third kappa shape index (κ3) is 3.53. The van der Waals surface area contributed by atoms with Crippen LogP contribution in [0.5, 0.6) is 0 Å². The molecule has 124 valence electrons. The number of carbonyl (C=O) groups is 1. The van der Waals surface area contributed by atoms with E-state index in [9.17, 15) is 4.79 Å². The van der Waals surface area contributed by atoms with E-state index in [1.54, 1.807) is 12.5 Å². The molecule has 0 spiro atoms. The molecular weight excluding hydrogens is 304 g/mol. The van der Waals surface area contributed by atoms with Crippen LogP contribution in [0.3, 0.4) is 0 Å². The Morgan fingerprint density at radius 2 is 2.08 bits per heavy atom. The zero-order valence-corrected chi connectivity index (χ0v) is 13.8. The fraction of sp³-hybridized carbons (Fsp3) is 0.278. The summed E-state index contributed by atoms with van der Waals surface area (Å²) < 4.78 is 7.06. The molecule has 24 heavy (non-hydrogen) atoms. The largest absolute Gasteiger partial charge is 0.363 e. The fourth-order valence-electron chi connectivity index (χ4n) is 2.52. The highest BCUT2D eigenvalue weighted by Crippen LogP contribution is 2.21. The van der Waals surface area contributed by atoms with Gasteiger partial charge < -0.3 is 14.4 Å². The average molecular weight is 324 g/mol. The summed E-state index contributed by atoms with van der Waals surface area (Å²) >= 11 is 0. The number of benzene rings is 1. The van der Waals surface area contributed by atoms with Crippen molar-refractivity contribution < 1.29 is 9.32 Å². The van der Waals surface area contributed by atoms with Crippen LogP contribution in [0.1, 0.15) is 29.9 Å². The lowest BCUT2D eigenvalue weighted by atomic mass is 10.1. The lowest BCUT2D eigenvalue weighted by Gasteiger charge is -2.11. The van der Waals surface area contributed by atoms with Crippen LogP contribution in [-0.4, -0.2) is 20.6 Å². The van der Waals surface area contributed by atoms with Gasteiger partial charge in [0.15, 0.2) is 0 Å². The van der Waals surface area contributed by atoms with Gasteiger partial charge in [-0.25, -0.2) is 4.98 Å². The van der Waals surface area contributed by atoms with Gasteiger partial charge in [0, 0.05) is 18.3 Å². The van der Waals surface area contributed by atoms with Gasteiger partial charge in [0.25, 0.3) is 5.91 Å². The molecule has 0 saturated carbocycles. The van der Waals surface area contributed by atoms with E-state index < -0.39 is 0 Å². The third-order valence-corrected chi connectivity index (χ3v) is 3.65. The minimum Gasteiger partial charge on any atom is -0.363 e. The Morgan fingerprint density at radius 1 is 1.29 bits per heavy atom. The molecule has 3 rings (SSSR count). The van der Waals surface area contributed by atoms with Gasteiger partial charge in [-0.15, -0.1) is 0 Å². The van der Waals surface area contributed by atoms with Crippen molar-refractivity contribution >= 4 is 5.91 Å². The molecule has 0 bridgehead atoms. The van der Waals surface area contributed by atoms with E-state index in [2.05, 4.69) is 33.9 Å². The molecule has 2 heterocycles. The Kier molecular flexibility index (Phi) is 4.74. The molecule has 0 unspecified atom stereocenters. The number of nitrogens with zero attached hydrogens (tertiary/aromatic N) is 3. The van der Waals surface area contributed by atoms with Gasteiger partial charge in [-0.2, -0.15) is 0 Å². The summed E-state index contributed by atoms with van der Waals surface area (Å²) in [6.07, 6.45) is 4.94. The number of rotatable bonds is 6. The molecule has 0 aliphatic rings. The lowest BCUT2D eigenvalue weighted by molar-refractivity contribution is 0.0950. The number of carbonyl (C=O) groups excluding carboxylic acids is 1. The second kappa shape index (κ2) is 7.12. The molecule has 6 heteroatoms. The van der Waals surface area contributed by atoms with E-state index in [1.807, 2.05) is 30.3 Å². The van der Waals surface area contributed by atoms with Crippen molar-refractivity contribution in [1.82, 2.24) is 20.0 Å². The highest BCUT2D eigenvalue weighted by molar-refractivity contribution is 5.99. The monoisotopic (exact) mass is 324 g/mol. The lowest BCUT2D eigenvalue weighted by Crippen LogP contribution is -2.24. The minimum atomic E-state index is -0.215. The van der Waals surface area contributed by atoms with Crippen molar-refractivity contribution in [3.63, 3.8) is 0 Å². The highest BCUT2D eigenvalue weighted by atomic mass is 16.5. The highest BCUT2D eigenvalue weighted by Gasteiger charge is 2.17. The van der Waals surface area contributed by atoms with Crippen LogP contribution in [0.25, 0.3) is 11.3 Å². The average Bonchev–Trinajstić information content (AvgIpc) is 3.22. The van der Waals surface area contributed by atoms with Gasteiger partial charge in [-0.05, 0) is 5.92 Å². The molecule has 0 aliphatic heterocycles. The van der Waals surface area contributed by atoms with Gasteiger partial charge in [0.05, 0.1) is 18.6 Å². The molecule has 0 atom stereocenters. The number of imidazole rings is 1. The van der Waals surface area contributed by atoms with Crippen LogP contribution in [0.4, 0.5) is 0 Å². The zero-order valence-electron chi connectivity index (χ0n) is 13.8. The Hall–Kier alpha value is -2.89. The van der Waals surface area contributed by atoms with E-state index in [0.717, 1.165) is 17.8 Å². The first-order chi connectivity index (χ1) is 11.6. The normalized spacial score (nSPS) is 11.0. The summed E-state index contributed by atoms with van der Waals surface area (Å²) in [6, 6.07) is 9.50. The first-order valence-corrected chi connectivity index (χ1v) is 7.92. The van der Waals surface area contributed by atoms with Crippen LogP contribution in [0.2, 0.25) is 0 Å². The van der Waals surface area contributed by atoms with E-state index in [4.69, 9.17) is 4.52 Å². The van der Waals surface area contributed by atoms with Crippen molar-refractivity contribution in [2.24, 2.45) is 5.92 Å². The number of nitrogens with one attached hydrogen (secondary N) is 1. The standard InChI is InChI=1S/C18H20N4O2/c1-13(2)10-22-12-19-8-15(22)9-20-18(23)16-11-24-21-17(16)14-6-4-3-5-7-14/h3-8,11-13H,9-10H2,1-2H3,(H,20,23). The van der Waals surface area contributed by atoms with Gasteiger partial charge in [-0.1, -0.05) is 49.3 Å². The molecule has 0 fully saturated rings. The molecule has 2 aromatic heterocycles. The van der Waals surface area contributed by atoms with Crippen LogP contribution in [0.15, 0.2) is 53.6 Å². The van der Waals surface area contributed by atoms with E-state index in [1.165, 1.54) is 6.26 Å². The van der Waals surface area contributed by atoms with E-state index in [-0.39, 0.29) is 5.91 Å². The van der Waals surface area contributed by atoms with Crippen molar-refractivity contribution in [3.05, 3.63) is 60.4 Å². The summed E-state index contributed by atoms with van der Waals surface area (Å²) in [5.74, 6) is 0.295. The fourth-order valence-corrected chi connectivity index (χ4v) is 2.52. The van der Waals surface area contributed by atoms with E-state index in [0.29, 0.717) is 23.7 Å². The molecule has 0 saturated heterocycles. The van der Waals surface area contributed by atoms with Crippen LogP contribution in [-0.2, 0) is 13.1 Å². The maximum atomic E-state index is 12.5. The molecule has 6 nitrogen and oxygen atoms in total. The number of hydrogen-bond donors (Lipinski definition) is 1. The molecule has 1 N–H and O–H groups in total. The molecular formula is C18H20N4O2. The zero-order chi connectivity index (χ0) is 16.9. The Labute approximate surface area is 140 Å². The topological polar surface area (TPSA) is 73.0 Å². The smallest absolute Gasteiger partial charge is 0.257 e.